The number of benzene rings is 2. The minimum Gasteiger partial charge on any atom is -0.490 e. The summed E-state index contributed by atoms with van der Waals surface area (Å²) < 4.78 is 33.2. The molecule has 0 heterocycles. The molecule has 0 saturated carbocycles. The SMILES string of the molecule is C=CC(=O)OCC(COc1ccc(C(C)(C)c2ccc(OCC(COC(=O)C=C)OC(=O)C3CC=CCC3C(=O)O)cc2)cc1)OC(=O)C1CC=CCC1C(=O)O. The normalized spacial score (nSPS) is 19.8. The molecule has 2 N–H and O–H groups in total. The van der Waals surface area contributed by atoms with Crippen molar-refractivity contribution >= 4 is 35.8 Å². The van der Waals surface area contributed by atoms with Crippen LogP contribution in [0.25, 0.3) is 0 Å². The number of esters is 4. The summed E-state index contributed by atoms with van der Waals surface area (Å²) in [5.74, 6) is -7.79. The summed E-state index contributed by atoms with van der Waals surface area (Å²) in [7, 11) is 0. The van der Waals surface area contributed by atoms with E-state index >= 15 is 0 Å². The predicted octanol–water partition coefficient (Wildman–Crippen LogP) is 5.39. The molecule has 0 aromatic heterocycles. The van der Waals surface area contributed by atoms with Crippen molar-refractivity contribution < 1.29 is 67.4 Å². The van der Waals surface area contributed by atoms with Crippen molar-refractivity contribution in [3.63, 3.8) is 0 Å². The first-order valence-electron chi connectivity index (χ1n) is 18.4. The summed E-state index contributed by atoms with van der Waals surface area (Å²) >= 11 is 0. The number of hydrogen-bond acceptors (Lipinski definition) is 12. The van der Waals surface area contributed by atoms with E-state index in [9.17, 15) is 39.0 Å². The fourth-order valence-corrected chi connectivity index (χ4v) is 6.38. The Morgan fingerprint density at radius 1 is 0.596 bits per heavy atom. The molecule has 2 aromatic rings. The first-order valence-corrected chi connectivity index (χ1v) is 18.4. The van der Waals surface area contributed by atoms with E-state index in [1.807, 2.05) is 38.1 Å². The summed E-state index contributed by atoms with van der Waals surface area (Å²) in [4.78, 5) is 72.9. The number of carboxylic acid groups (broad SMARTS) is 2. The lowest BCUT2D eigenvalue weighted by atomic mass is 9.78. The van der Waals surface area contributed by atoms with Gasteiger partial charge in [0.25, 0.3) is 0 Å². The lowest BCUT2D eigenvalue weighted by Crippen LogP contribution is -2.37. The third-order valence-corrected chi connectivity index (χ3v) is 9.85. The Balaban J connectivity index is 1.37. The average molecular weight is 789 g/mol. The highest BCUT2D eigenvalue weighted by atomic mass is 16.6. The molecule has 304 valence electrons. The van der Waals surface area contributed by atoms with Crippen LogP contribution in [0.2, 0.25) is 0 Å². The number of ether oxygens (including phenoxy) is 6. The van der Waals surface area contributed by atoms with Gasteiger partial charge >= 0.3 is 35.8 Å². The van der Waals surface area contributed by atoms with E-state index in [0.29, 0.717) is 11.5 Å². The zero-order valence-corrected chi connectivity index (χ0v) is 31.9. The van der Waals surface area contributed by atoms with Gasteiger partial charge in [-0.05, 0) is 61.1 Å². The number of carbonyl (C=O) groups is 6. The van der Waals surface area contributed by atoms with Gasteiger partial charge in [-0.3, -0.25) is 19.2 Å². The van der Waals surface area contributed by atoms with Crippen LogP contribution in [0.5, 0.6) is 11.5 Å². The first kappa shape index (κ1) is 43.5. The fourth-order valence-electron chi connectivity index (χ4n) is 6.38. The van der Waals surface area contributed by atoms with Gasteiger partial charge in [0.1, 0.15) is 37.9 Å². The van der Waals surface area contributed by atoms with Crippen LogP contribution in [0.4, 0.5) is 0 Å². The van der Waals surface area contributed by atoms with Gasteiger partial charge in [-0.25, -0.2) is 9.59 Å². The Hall–Kier alpha value is -6.18. The molecule has 0 radical (unpaired) electrons. The van der Waals surface area contributed by atoms with E-state index in [4.69, 9.17) is 28.4 Å². The average Bonchev–Trinajstić information content (AvgIpc) is 3.22. The van der Waals surface area contributed by atoms with Crippen molar-refractivity contribution in [2.75, 3.05) is 26.4 Å². The van der Waals surface area contributed by atoms with Gasteiger partial charge in [0, 0.05) is 17.6 Å². The highest BCUT2D eigenvalue weighted by Crippen LogP contribution is 2.34. The number of aliphatic carboxylic acids is 2. The highest BCUT2D eigenvalue weighted by Gasteiger charge is 2.38. The summed E-state index contributed by atoms with van der Waals surface area (Å²) in [6.07, 6.45) is 7.68. The standard InChI is InChI=1S/C43H48O14/c1-5-37(44)54-25-31(56-41(50)35-13-9-7-11-33(35)39(46)47)23-52-29-19-15-27(16-20-29)43(3,4)28-17-21-30(22-18-28)53-24-32(26-55-38(45)6-2)57-42(51)36-14-10-8-12-34(36)40(48)49/h5-10,15-22,31-36H,1-2,11-14,23-26H2,3-4H3,(H,46,47)(H,48,49). The van der Waals surface area contributed by atoms with E-state index in [1.165, 1.54) is 0 Å². The van der Waals surface area contributed by atoms with Crippen LogP contribution in [0, 0.1) is 23.7 Å². The Morgan fingerprint density at radius 2 is 0.930 bits per heavy atom. The topological polar surface area (TPSA) is 198 Å². The van der Waals surface area contributed by atoms with Crippen molar-refractivity contribution in [2.45, 2.75) is 57.2 Å². The maximum atomic E-state index is 13.0. The van der Waals surface area contributed by atoms with Gasteiger partial charge < -0.3 is 38.6 Å². The number of hydrogen-bond donors (Lipinski definition) is 2. The lowest BCUT2D eigenvalue weighted by Gasteiger charge is -2.27. The number of rotatable bonds is 20. The van der Waals surface area contributed by atoms with E-state index in [-0.39, 0.29) is 52.1 Å². The maximum Gasteiger partial charge on any atom is 0.330 e. The van der Waals surface area contributed by atoms with Gasteiger partial charge in [0.15, 0.2) is 12.2 Å². The molecule has 2 aliphatic rings. The monoisotopic (exact) mass is 788 g/mol. The van der Waals surface area contributed by atoms with Crippen molar-refractivity contribution in [1.82, 2.24) is 0 Å². The maximum absolute atomic E-state index is 13.0. The third kappa shape index (κ3) is 12.4. The van der Waals surface area contributed by atoms with Crippen molar-refractivity contribution in [2.24, 2.45) is 23.7 Å². The van der Waals surface area contributed by atoms with Crippen molar-refractivity contribution in [3.8, 4) is 11.5 Å². The third-order valence-electron chi connectivity index (χ3n) is 9.85. The zero-order chi connectivity index (χ0) is 41.5. The molecule has 14 heteroatoms. The second kappa shape index (κ2) is 20.7. The molecule has 0 fully saturated rings. The largest absolute Gasteiger partial charge is 0.490 e. The zero-order valence-electron chi connectivity index (χ0n) is 31.9. The van der Waals surface area contributed by atoms with Crippen LogP contribution in [0.3, 0.4) is 0 Å². The Labute approximate surface area is 330 Å². The highest BCUT2D eigenvalue weighted by molar-refractivity contribution is 5.83. The lowest BCUT2D eigenvalue weighted by molar-refractivity contribution is -0.167. The molecule has 6 atom stereocenters. The molecular weight excluding hydrogens is 740 g/mol. The van der Waals surface area contributed by atoms with Crippen molar-refractivity contribution in [1.29, 1.82) is 0 Å². The summed E-state index contributed by atoms with van der Waals surface area (Å²) in [5.41, 5.74) is 1.38. The van der Waals surface area contributed by atoms with Crippen LogP contribution >= 0.6 is 0 Å². The Morgan fingerprint density at radius 3 is 1.25 bits per heavy atom. The Kier molecular flexibility index (Phi) is 15.8. The smallest absolute Gasteiger partial charge is 0.330 e. The minimum atomic E-state index is -1.10. The van der Waals surface area contributed by atoms with Gasteiger partial charge in [0.05, 0.1) is 23.7 Å². The summed E-state index contributed by atoms with van der Waals surface area (Å²) in [5, 5.41) is 19.2. The number of carboxylic acids is 2. The molecule has 0 aliphatic heterocycles. The second-order valence-corrected chi connectivity index (χ2v) is 14.1. The number of allylic oxidation sites excluding steroid dienone is 4. The van der Waals surface area contributed by atoms with Gasteiger partial charge in [0.2, 0.25) is 0 Å². The van der Waals surface area contributed by atoms with Crippen LogP contribution in [0.15, 0.2) is 98.1 Å². The molecule has 2 aromatic carbocycles. The molecule has 0 saturated heterocycles. The van der Waals surface area contributed by atoms with Crippen LogP contribution in [0.1, 0.15) is 50.7 Å². The van der Waals surface area contributed by atoms with Crippen LogP contribution < -0.4 is 9.47 Å². The van der Waals surface area contributed by atoms with Crippen LogP contribution in [-0.2, 0) is 53.1 Å². The molecule has 57 heavy (non-hydrogen) atoms. The van der Waals surface area contributed by atoms with E-state index in [0.717, 1.165) is 23.3 Å². The first-order chi connectivity index (χ1) is 27.2. The van der Waals surface area contributed by atoms with E-state index in [1.54, 1.807) is 48.6 Å². The number of carbonyl (C=O) groups excluding carboxylic acids is 4. The minimum absolute atomic E-state index is 0.168. The molecule has 6 unspecified atom stereocenters. The second-order valence-electron chi connectivity index (χ2n) is 14.1. The van der Waals surface area contributed by atoms with Crippen LogP contribution in [-0.4, -0.2) is 84.7 Å². The molecule has 14 nitrogen and oxygen atoms in total. The van der Waals surface area contributed by atoms with Gasteiger partial charge in [-0.1, -0.05) is 75.6 Å². The fraction of sp³-hybridized carbons (Fsp3) is 0.395. The quantitative estimate of drug-likeness (QED) is 0.0750. The van der Waals surface area contributed by atoms with E-state index in [2.05, 4.69) is 13.2 Å². The molecule has 0 bridgehead atoms. The summed E-state index contributed by atoms with van der Waals surface area (Å²) in [6.45, 7) is 9.82. The molecule has 2 aliphatic carbocycles. The molecule has 0 amide bonds. The predicted molar refractivity (Wildman–Crippen MR) is 204 cm³/mol. The van der Waals surface area contributed by atoms with Gasteiger partial charge in [-0.15, -0.1) is 0 Å². The summed E-state index contributed by atoms with van der Waals surface area (Å²) in [6, 6.07) is 14.5. The molecule has 4 rings (SSSR count). The Bertz CT molecular complexity index is 1690. The molecular formula is C43H48O14. The van der Waals surface area contributed by atoms with Crippen molar-refractivity contribution in [3.05, 3.63) is 109 Å². The van der Waals surface area contributed by atoms with E-state index < -0.39 is 77.1 Å². The molecule has 0 spiro atoms. The van der Waals surface area contributed by atoms with Gasteiger partial charge in [-0.2, -0.15) is 0 Å².